The van der Waals surface area contributed by atoms with Crippen LogP contribution in [0.15, 0.2) is 0 Å². The maximum absolute atomic E-state index is 11.3. The van der Waals surface area contributed by atoms with Crippen molar-refractivity contribution in [2.75, 3.05) is 18.1 Å². The van der Waals surface area contributed by atoms with Crippen LogP contribution >= 0.6 is 0 Å². The molecule has 1 aliphatic rings. The number of nitrogens with one attached hydrogen (secondary N) is 1. The van der Waals surface area contributed by atoms with E-state index in [4.69, 9.17) is 0 Å². The highest BCUT2D eigenvalue weighted by atomic mass is 32.2. The molecule has 0 aromatic rings. The Hall–Kier alpha value is -0.0900. The predicted molar refractivity (Wildman–Crippen MR) is 68.4 cm³/mol. The molecule has 1 fully saturated rings. The minimum Gasteiger partial charge on any atom is -0.314 e. The van der Waals surface area contributed by atoms with E-state index in [-0.39, 0.29) is 5.75 Å². The highest BCUT2D eigenvalue weighted by molar-refractivity contribution is 7.91. The molecule has 0 heterocycles. The first-order chi connectivity index (χ1) is 7.59. The second-order valence-electron chi connectivity index (χ2n) is 4.73. The summed E-state index contributed by atoms with van der Waals surface area (Å²) in [6.45, 7) is 4.88. The second-order valence-corrected chi connectivity index (χ2v) is 7.21. The first kappa shape index (κ1) is 14.0. The Kier molecular flexibility index (Phi) is 5.76. The molecule has 0 bridgehead atoms. The average molecular weight is 247 g/mol. The largest absolute Gasteiger partial charge is 0.314 e. The molecular formula is C12H25NO2S. The summed E-state index contributed by atoms with van der Waals surface area (Å²) in [5, 5.41) is 3.51. The van der Waals surface area contributed by atoms with Crippen LogP contribution in [0.4, 0.5) is 0 Å². The minimum absolute atomic E-state index is 0.284. The van der Waals surface area contributed by atoms with Gasteiger partial charge in [0.05, 0.1) is 5.75 Å². The van der Waals surface area contributed by atoms with E-state index < -0.39 is 9.84 Å². The van der Waals surface area contributed by atoms with Gasteiger partial charge < -0.3 is 5.32 Å². The highest BCUT2D eigenvalue weighted by Gasteiger charge is 2.29. The Bertz CT molecular complexity index is 283. The maximum Gasteiger partial charge on any atom is 0.150 e. The zero-order chi connectivity index (χ0) is 12.0. The molecule has 1 unspecified atom stereocenters. The van der Waals surface area contributed by atoms with Crippen molar-refractivity contribution in [1.82, 2.24) is 5.32 Å². The SMILES string of the molecule is CCNC(CCCCS(=O)(=O)CC)C1CC1. The second kappa shape index (κ2) is 6.60. The van der Waals surface area contributed by atoms with Gasteiger partial charge in [0.1, 0.15) is 9.84 Å². The van der Waals surface area contributed by atoms with Crippen molar-refractivity contribution in [1.29, 1.82) is 0 Å². The third-order valence-corrected chi connectivity index (χ3v) is 5.11. The van der Waals surface area contributed by atoms with Gasteiger partial charge in [-0.3, -0.25) is 0 Å². The van der Waals surface area contributed by atoms with E-state index in [9.17, 15) is 8.42 Å². The van der Waals surface area contributed by atoms with Gasteiger partial charge in [-0.1, -0.05) is 20.3 Å². The van der Waals surface area contributed by atoms with Crippen LogP contribution in [0.25, 0.3) is 0 Å². The first-order valence-electron chi connectivity index (χ1n) is 6.53. The Labute approximate surface area is 99.9 Å². The lowest BCUT2D eigenvalue weighted by molar-refractivity contribution is 0.432. The Morgan fingerprint density at radius 1 is 1.25 bits per heavy atom. The fourth-order valence-corrected chi connectivity index (χ4v) is 3.03. The molecule has 1 rings (SSSR count). The summed E-state index contributed by atoms with van der Waals surface area (Å²) in [4.78, 5) is 0. The van der Waals surface area contributed by atoms with Crippen LogP contribution in [-0.4, -0.2) is 32.5 Å². The summed E-state index contributed by atoms with van der Waals surface area (Å²) in [5.74, 6) is 1.52. The van der Waals surface area contributed by atoms with Crippen LogP contribution in [0.5, 0.6) is 0 Å². The number of sulfone groups is 1. The summed E-state index contributed by atoms with van der Waals surface area (Å²) in [6.07, 6.45) is 5.70. The quantitative estimate of drug-likeness (QED) is 0.634. The molecule has 0 radical (unpaired) electrons. The lowest BCUT2D eigenvalue weighted by atomic mass is 10.1. The van der Waals surface area contributed by atoms with Crippen LogP contribution in [0, 0.1) is 5.92 Å². The summed E-state index contributed by atoms with van der Waals surface area (Å²) in [7, 11) is -2.75. The third kappa shape index (κ3) is 5.30. The monoisotopic (exact) mass is 247 g/mol. The van der Waals surface area contributed by atoms with Gasteiger partial charge in [0, 0.05) is 11.8 Å². The van der Waals surface area contributed by atoms with Crippen molar-refractivity contribution < 1.29 is 8.42 Å². The number of hydrogen-bond acceptors (Lipinski definition) is 3. The summed E-state index contributed by atoms with van der Waals surface area (Å²) in [6, 6.07) is 0.634. The minimum atomic E-state index is -2.75. The molecule has 1 aliphatic carbocycles. The van der Waals surface area contributed by atoms with Crippen LogP contribution < -0.4 is 5.32 Å². The smallest absolute Gasteiger partial charge is 0.150 e. The van der Waals surface area contributed by atoms with E-state index in [2.05, 4.69) is 12.2 Å². The third-order valence-electron chi connectivity index (χ3n) is 3.32. The molecule has 1 atom stereocenters. The van der Waals surface area contributed by atoms with Gasteiger partial charge in [-0.2, -0.15) is 0 Å². The summed E-state index contributed by atoms with van der Waals surface area (Å²) in [5.41, 5.74) is 0. The van der Waals surface area contributed by atoms with E-state index in [0.717, 1.165) is 31.7 Å². The maximum atomic E-state index is 11.3. The highest BCUT2D eigenvalue weighted by Crippen LogP contribution is 2.34. The molecule has 3 nitrogen and oxygen atoms in total. The Morgan fingerprint density at radius 2 is 1.94 bits per heavy atom. The Morgan fingerprint density at radius 3 is 2.44 bits per heavy atom. The molecule has 0 aromatic heterocycles. The van der Waals surface area contributed by atoms with Crippen molar-refractivity contribution >= 4 is 9.84 Å². The molecule has 96 valence electrons. The summed E-state index contributed by atoms with van der Waals surface area (Å²) < 4.78 is 22.6. The molecule has 1 saturated carbocycles. The molecule has 0 spiro atoms. The lowest BCUT2D eigenvalue weighted by Crippen LogP contribution is -2.30. The van der Waals surface area contributed by atoms with E-state index in [1.165, 1.54) is 12.8 Å². The number of hydrogen-bond donors (Lipinski definition) is 1. The van der Waals surface area contributed by atoms with Crippen molar-refractivity contribution in [3.8, 4) is 0 Å². The molecular weight excluding hydrogens is 222 g/mol. The average Bonchev–Trinajstić information content (AvgIpc) is 3.06. The number of rotatable bonds is 9. The molecule has 0 aliphatic heterocycles. The summed E-state index contributed by atoms with van der Waals surface area (Å²) >= 11 is 0. The zero-order valence-electron chi connectivity index (χ0n) is 10.5. The van der Waals surface area contributed by atoms with E-state index in [1.807, 2.05) is 0 Å². The fourth-order valence-electron chi connectivity index (χ4n) is 2.10. The molecule has 16 heavy (non-hydrogen) atoms. The van der Waals surface area contributed by atoms with Gasteiger partial charge >= 0.3 is 0 Å². The van der Waals surface area contributed by atoms with Crippen LogP contribution in [-0.2, 0) is 9.84 Å². The molecule has 0 aromatic carbocycles. The normalized spacial score (nSPS) is 18.6. The number of unbranched alkanes of at least 4 members (excludes halogenated alkanes) is 1. The van der Waals surface area contributed by atoms with Crippen LogP contribution in [0.1, 0.15) is 46.0 Å². The van der Waals surface area contributed by atoms with Gasteiger partial charge in [0.25, 0.3) is 0 Å². The Balaban J connectivity index is 2.13. The molecule has 0 amide bonds. The van der Waals surface area contributed by atoms with Crippen molar-refractivity contribution in [3.63, 3.8) is 0 Å². The van der Waals surface area contributed by atoms with Gasteiger partial charge in [0.2, 0.25) is 0 Å². The standard InChI is InChI=1S/C12H25NO2S/c1-3-13-12(11-8-9-11)7-5-6-10-16(14,15)4-2/h11-13H,3-10H2,1-2H3. The van der Waals surface area contributed by atoms with Crippen molar-refractivity contribution in [2.45, 2.75) is 52.0 Å². The molecule has 0 saturated heterocycles. The van der Waals surface area contributed by atoms with Crippen molar-refractivity contribution in [2.24, 2.45) is 5.92 Å². The zero-order valence-corrected chi connectivity index (χ0v) is 11.4. The van der Waals surface area contributed by atoms with E-state index in [0.29, 0.717) is 11.8 Å². The van der Waals surface area contributed by atoms with Gasteiger partial charge in [-0.25, -0.2) is 8.42 Å². The molecule has 4 heteroatoms. The van der Waals surface area contributed by atoms with Gasteiger partial charge in [0.15, 0.2) is 0 Å². The first-order valence-corrected chi connectivity index (χ1v) is 8.35. The lowest BCUT2D eigenvalue weighted by Gasteiger charge is -2.16. The topological polar surface area (TPSA) is 46.2 Å². The van der Waals surface area contributed by atoms with E-state index in [1.54, 1.807) is 6.92 Å². The van der Waals surface area contributed by atoms with Crippen LogP contribution in [0.3, 0.4) is 0 Å². The van der Waals surface area contributed by atoms with E-state index >= 15 is 0 Å². The van der Waals surface area contributed by atoms with Gasteiger partial charge in [-0.15, -0.1) is 0 Å². The van der Waals surface area contributed by atoms with Crippen LogP contribution in [0.2, 0.25) is 0 Å². The van der Waals surface area contributed by atoms with Crippen molar-refractivity contribution in [3.05, 3.63) is 0 Å². The fraction of sp³-hybridized carbons (Fsp3) is 1.00. The van der Waals surface area contributed by atoms with Gasteiger partial charge in [-0.05, 0) is 38.1 Å². The predicted octanol–water partition coefficient (Wildman–Crippen LogP) is 1.98. The molecule has 1 N–H and O–H groups in total.